The molecule has 0 saturated carbocycles. The average molecular weight is 350 g/mol. The molecule has 0 saturated heterocycles. The van der Waals surface area contributed by atoms with Crippen LogP contribution in [0.5, 0.6) is 0 Å². The van der Waals surface area contributed by atoms with Crippen LogP contribution in [0.3, 0.4) is 0 Å². The van der Waals surface area contributed by atoms with Crippen molar-refractivity contribution < 1.29 is 4.79 Å². The smallest absolute Gasteiger partial charge is 0.273 e. The average Bonchev–Trinajstić information content (AvgIpc) is 3.17. The van der Waals surface area contributed by atoms with Crippen LogP contribution in [-0.4, -0.2) is 45.6 Å². The van der Waals surface area contributed by atoms with Crippen molar-refractivity contribution in [1.29, 1.82) is 0 Å². The minimum absolute atomic E-state index is 0.206. The van der Waals surface area contributed by atoms with Gasteiger partial charge in [0, 0.05) is 24.1 Å². The van der Waals surface area contributed by atoms with Crippen molar-refractivity contribution in [3.8, 4) is 0 Å². The van der Waals surface area contributed by atoms with Crippen LogP contribution in [0.2, 0.25) is 0 Å². The number of aryl methyl sites for hydroxylation is 1. The number of hydrogen-bond acceptors (Lipinski definition) is 5. The van der Waals surface area contributed by atoms with Gasteiger partial charge >= 0.3 is 0 Å². The normalized spacial score (nSPS) is 18.2. The fourth-order valence-corrected chi connectivity index (χ4v) is 3.64. The van der Waals surface area contributed by atoms with Gasteiger partial charge in [-0.3, -0.25) is 4.79 Å². The van der Waals surface area contributed by atoms with Crippen molar-refractivity contribution >= 4 is 17.7 Å². The van der Waals surface area contributed by atoms with Gasteiger partial charge in [-0.2, -0.15) is 5.10 Å². The summed E-state index contributed by atoms with van der Waals surface area (Å²) >= 11 is 0. The van der Waals surface area contributed by atoms with E-state index in [1.54, 1.807) is 12.3 Å². The maximum absolute atomic E-state index is 12.4. The Kier molecular flexibility index (Phi) is 4.38. The molecule has 1 aliphatic carbocycles. The zero-order valence-corrected chi connectivity index (χ0v) is 15.0. The zero-order valence-electron chi connectivity index (χ0n) is 15.0. The summed E-state index contributed by atoms with van der Waals surface area (Å²) in [5, 5.41) is 4.17. The Hall–Kier alpha value is -2.80. The number of carbonyl (C=O) groups is 1. The molecular formula is C19H22N6O. The summed E-state index contributed by atoms with van der Waals surface area (Å²) in [5.74, 6) is -0.206. The minimum atomic E-state index is -0.206. The molecule has 4 rings (SSSR count). The lowest BCUT2D eigenvalue weighted by atomic mass is 9.94. The van der Waals surface area contributed by atoms with Crippen molar-refractivity contribution in [1.82, 2.24) is 25.3 Å². The highest BCUT2D eigenvalue weighted by Gasteiger charge is 2.27. The third-order valence-electron chi connectivity index (χ3n) is 4.80. The summed E-state index contributed by atoms with van der Waals surface area (Å²) in [4.78, 5) is 26.3. The van der Waals surface area contributed by atoms with Gasteiger partial charge in [0.1, 0.15) is 12.0 Å². The number of amides is 1. The summed E-state index contributed by atoms with van der Waals surface area (Å²) in [6, 6.07) is 1.76. The van der Waals surface area contributed by atoms with Gasteiger partial charge in [0.05, 0.1) is 11.3 Å². The molecular weight excluding hydrogens is 328 g/mol. The van der Waals surface area contributed by atoms with E-state index in [4.69, 9.17) is 0 Å². The first-order valence-corrected chi connectivity index (χ1v) is 8.87. The van der Waals surface area contributed by atoms with Gasteiger partial charge in [-0.05, 0) is 63.0 Å². The van der Waals surface area contributed by atoms with Crippen molar-refractivity contribution in [2.45, 2.75) is 32.2 Å². The first-order chi connectivity index (χ1) is 12.6. The Morgan fingerprint density at radius 3 is 2.88 bits per heavy atom. The molecule has 0 bridgehead atoms. The maximum atomic E-state index is 12.4. The van der Waals surface area contributed by atoms with Gasteiger partial charge in [-0.15, -0.1) is 0 Å². The summed E-state index contributed by atoms with van der Waals surface area (Å²) < 4.78 is 0. The van der Waals surface area contributed by atoms with Crippen LogP contribution in [0.25, 0.3) is 6.08 Å². The number of rotatable bonds is 4. The van der Waals surface area contributed by atoms with Crippen LogP contribution in [-0.2, 0) is 24.2 Å². The molecule has 0 radical (unpaired) electrons. The van der Waals surface area contributed by atoms with Crippen molar-refractivity contribution in [3.63, 3.8) is 0 Å². The SMILES string of the molecule is CN(C)Cc1c(/C=C2/C(=O)NN=C2c2ccncn2)[nH]c2c1CCCC2. The Bertz CT molecular complexity index is 894. The topological polar surface area (TPSA) is 86.3 Å². The minimum Gasteiger partial charge on any atom is -0.358 e. The number of nitrogens with one attached hydrogen (secondary N) is 2. The van der Waals surface area contributed by atoms with E-state index in [0.29, 0.717) is 17.0 Å². The van der Waals surface area contributed by atoms with E-state index >= 15 is 0 Å². The lowest BCUT2D eigenvalue weighted by molar-refractivity contribution is -0.116. The summed E-state index contributed by atoms with van der Waals surface area (Å²) in [6.45, 7) is 0.840. The van der Waals surface area contributed by atoms with E-state index in [-0.39, 0.29) is 5.91 Å². The number of H-pyrrole nitrogens is 1. The molecule has 7 nitrogen and oxygen atoms in total. The number of nitrogens with zero attached hydrogens (tertiary/aromatic N) is 4. The Labute approximate surface area is 152 Å². The van der Waals surface area contributed by atoms with Gasteiger partial charge in [0.2, 0.25) is 0 Å². The number of hydrazone groups is 1. The van der Waals surface area contributed by atoms with Gasteiger partial charge in [-0.25, -0.2) is 15.4 Å². The van der Waals surface area contributed by atoms with E-state index in [1.165, 1.54) is 36.0 Å². The van der Waals surface area contributed by atoms with E-state index in [2.05, 4.69) is 44.5 Å². The first-order valence-electron chi connectivity index (χ1n) is 8.87. The largest absolute Gasteiger partial charge is 0.358 e. The predicted octanol–water partition coefficient (Wildman–Crippen LogP) is 1.66. The monoisotopic (exact) mass is 350 g/mol. The Morgan fingerprint density at radius 1 is 1.27 bits per heavy atom. The summed E-state index contributed by atoms with van der Waals surface area (Å²) in [7, 11) is 4.13. The highest BCUT2D eigenvalue weighted by molar-refractivity contribution is 6.32. The standard InChI is InChI=1S/C19H22N6O/c1-25(2)10-14-12-5-3-4-6-15(12)22-17(14)9-13-18(23-24-19(13)26)16-7-8-20-11-21-16/h7-9,11,22H,3-6,10H2,1-2H3,(H,24,26)/b13-9+. The van der Waals surface area contributed by atoms with Gasteiger partial charge in [-0.1, -0.05) is 0 Å². The molecule has 3 heterocycles. The molecule has 0 unspecified atom stereocenters. The van der Waals surface area contributed by atoms with Crippen LogP contribution in [0.4, 0.5) is 0 Å². The number of aromatic nitrogens is 3. The molecule has 26 heavy (non-hydrogen) atoms. The molecule has 7 heteroatoms. The Balaban J connectivity index is 1.78. The van der Waals surface area contributed by atoms with Crippen LogP contribution >= 0.6 is 0 Å². The first kappa shape index (κ1) is 16.7. The van der Waals surface area contributed by atoms with E-state index in [1.807, 2.05) is 6.08 Å². The lowest BCUT2D eigenvalue weighted by Crippen LogP contribution is -2.15. The second kappa shape index (κ2) is 6.84. The predicted molar refractivity (Wildman–Crippen MR) is 99.5 cm³/mol. The second-order valence-corrected chi connectivity index (χ2v) is 6.97. The number of fused-ring (bicyclic) bond motifs is 1. The van der Waals surface area contributed by atoms with Crippen LogP contribution in [0, 0.1) is 0 Å². The zero-order chi connectivity index (χ0) is 18.1. The molecule has 1 aliphatic heterocycles. The van der Waals surface area contributed by atoms with Crippen LogP contribution in [0.1, 0.15) is 41.1 Å². The fourth-order valence-electron chi connectivity index (χ4n) is 3.64. The van der Waals surface area contributed by atoms with Crippen molar-refractivity contribution in [3.05, 3.63) is 52.4 Å². The number of carbonyl (C=O) groups excluding carboxylic acids is 1. The van der Waals surface area contributed by atoms with Crippen molar-refractivity contribution in [2.24, 2.45) is 5.10 Å². The van der Waals surface area contributed by atoms with E-state index in [9.17, 15) is 4.79 Å². The highest BCUT2D eigenvalue weighted by atomic mass is 16.2. The molecule has 0 spiro atoms. The molecule has 1 amide bonds. The molecule has 0 atom stereocenters. The molecule has 2 aliphatic rings. The van der Waals surface area contributed by atoms with Gasteiger partial charge in [0.25, 0.3) is 5.91 Å². The van der Waals surface area contributed by atoms with Crippen LogP contribution < -0.4 is 5.43 Å². The van der Waals surface area contributed by atoms with Gasteiger partial charge < -0.3 is 9.88 Å². The molecule has 2 N–H and O–H groups in total. The third kappa shape index (κ3) is 3.06. The van der Waals surface area contributed by atoms with E-state index in [0.717, 1.165) is 25.1 Å². The second-order valence-electron chi connectivity index (χ2n) is 6.97. The molecule has 2 aromatic rings. The maximum Gasteiger partial charge on any atom is 0.273 e. The molecule has 0 aromatic carbocycles. The summed E-state index contributed by atoms with van der Waals surface area (Å²) in [5.41, 5.74) is 9.27. The molecule has 2 aromatic heterocycles. The third-order valence-corrected chi connectivity index (χ3v) is 4.80. The fraction of sp³-hybridized carbons (Fsp3) is 0.368. The highest BCUT2D eigenvalue weighted by Crippen LogP contribution is 2.30. The van der Waals surface area contributed by atoms with Crippen LogP contribution in [0.15, 0.2) is 29.3 Å². The number of aromatic amines is 1. The summed E-state index contributed by atoms with van der Waals surface area (Å²) in [6.07, 6.45) is 9.61. The Morgan fingerprint density at radius 2 is 2.12 bits per heavy atom. The van der Waals surface area contributed by atoms with E-state index < -0.39 is 0 Å². The lowest BCUT2D eigenvalue weighted by Gasteiger charge is -2.15. The molecule has 134 valence electrons. The number of hydrogen-bond donors (Lipinski definition) is 2. The van der Waals surface area contributed by atoms with Crippen molar-refractivity contribution in [2.75, 3.05) is 14.1 Å². The molecule has 0 fully saturated rings. The van der Waals surface area contributed by atoms with Gasteiger partial charge in [0.15, 0.2) is 0 Å². The quantitative estimate of drug-likeness (QED) is 0.821.